The number of hydrogen-bond acceptors (Lipinski definition) is 2. The summed E-state index contributed by atoms with van der Waals surface area (Å²) in [4.78, 5) is 12.3. The molecule has 0 aliphatic rings. The maximum Gasteiger partial charge on any atom is 0.255 e. The van der Waals surface area contributed by atoms with Crippen molar-refractivity contribution in [2.45, 2.75) is 13.8 Å². The predicted octanol–water partition coefficient (Wildman–Crippen LogP) is 4.87. The average molecular weight is 340 g/mol. The zero-order valence-corrected chi connectivity index (χ0v) is 14.4. The van der Waals surface area contributed by atoms with Gasteiger partial charge in [-0.2, -0.15) is 0 Å². The highest BCUT2D eigenvalue weighted by molar-refractivity contribution is 6.30. The molecule has 0 saturated carbocycles. The molecular formula is C20H18ClNO2. The summed E-state index contributed by atoms with van der Waals surface area (Å²) in [5.41, 5.74) is 3.65. The predicted molar refractivity (Wildman–Crippen MR) is 98.4 cm³/mol. The lowest BCUT2D eigenvalue weighted by atomic mass is 10.1. The van der Waals surface area contributed by atoms with Crippen molar-refractivity contribution in [1.29, 1.82) is 0 Å². The minimum Gasteiger partial charge on any atom is -0.494 e. The highest BCUT2D eigenvalue weighted by Crippen LogP contribution is 2.24. The molecule has 0 bridgehead atoms. The van der Waals surface area contributed by atoms with Gasteiger partial charge in [0.2, 0.25) is 0 Å². The third kappa shape index (κ3) is 3.36. The first-order valence-electron chi connectivity index (χ1n) is 7.81. The van der Waals surface area contributed by atoms with Crippen LogP contribution in [0.4, 0.5) is 0 Å². The molecule has 1 aromatic heterocycles. The lowest BCUT2D eigenvalue weighted by molar-refractivity contribution is 0.340. The molecule has 0 amide bonds. The van der Waals surface area contributed by atoms with Crippen molar-refractivity contribution in [3.05, 3.63) is 81.7 Å². The number of rotatable bonds is 4. The van der Waals surface area contributed by atoms with Gasteiger partial charge >= 0.3 is 0 Å². The van der Waals surface area contributed by atoms with Crippen molar-refractivity contribution in [2.75, 3.05) is 6.61 Å². The van der Waals surface area contributed by atoms with Crippen LogP contribution < -0.4 is 10.3 Å². The third-order valence-electron chi connectivity index (χ3n) is 3.81. The summed E-state index contributed by atoms with van der Waals surface area (Å²) in [6.45, 7) is 4.53. The number of benzene rings is 2. The van der Waals surface area contributed by atoms with Crippen molar-refractivity contribution in [1.82, 2.24) is 4.57 Å². The van der Waals surface area contributed by atoms with Crippen LogP contribution in [0.5, 0.6) is 5.75 Å². The van der Waals surface area contributed by atoms with Gasteiger partial charge in [-0.25, -0.2) is 0 Å². The van der Waals surface area contributed by atoms with Gasteiger partial charge in [0.05, 0.1) is 12.3 Å². The van der Waals surface area contributed by atoms with Crippen LogP contribution >= 0.6 is 11.6 Å². The van der Waals surface area contributed by atoms with Gasteiger partial charge in [0.1, 0.15) is 5.75 Å². The van der Waals surface area contributed by atoms with Gasteiger partial charge in [0.25, 0.3) is 5.56 Å². The first-order valence-corrected chi connectivity index (χ1v) is 8.19. The molecule has 0 N–H and O–H groups in total. The summed E-state index contributed by atoms with van der Waals surface area (Å²) >= 11 is 6.07. The van der Waals surface area contributed by atoms with E-state index in [9.17, 15) is 4.79 Å². The summed E-state index contributed by atoms with van der Waals surface area (Å²) in [6.07, 6.45) is 1.84. The number of aryl methyl sites for hydroxylation is 1. The number of aromatic nitrogens is 1. The van der Waals surface area contributed by atoms with E-state index in [1.807, 2.05) is 68.6 Å². The summed E-state index contributed by atoms with van der Waals surface area (Å²) in [5, 5.41) is 0.669. The average Bonchev–Trinajstić information content (AvgIpc) is 2.56. The molecule has 0 spiro atoms. The zero-order valence-electron chi connectivity index (χ0n) is 13.6. The molecule has 1 heterocycles. The molecule has 122 valence electrons. The van der Waals surface area contributed by atoms with Crippen LogP contribution in [0.2, 0.25) is 5.02 Å². The molecule has 0 atom stereocenters. The molecule has 4 heteroatoms. The Morgan fingerprint density at radius 1 is 1.04 bits per heavy atom. The Labute approximate surface area is 146 Å². The standard InChI is InChI=1S/C20H18ClNO2/c1-3-24-18-8-9-19(14(2)11-18)22-13-16(7-10-20(22)23)15-5-4-6-17(21)12-15/h4-13H,3H2,1-2H3. The second kappa shape index (κ2) is 6.93. The lowest BCUT2D eigenvalue weighted by Crippen LogP contribution is -2.17. The second-order valence-corrected chi connectivity index (χ2v) is 5.95. The van der Waals surface area contributed by atoms with E-state index in [2.05, 4.69) is 0 Å². The smallest absolute Gasteiger partial charge is 0.255 e. The van der Waals surface area contributed by atoms with E-state index in [1.165, 1.54) is 0 Å². The maximum atomic E-state index is 12.3. The topological polar surface area (TPSA) is 31.2 Å². The largest absolute Gasteiger partial charge is 0.494 e. The summed E-state index contributed by atoms with van der Waals surface area (Å²) < 4.78 is 7.17. The van der Waals surface area contributed by atoms with Crippen molar-refractivity contribution < 1.29 is 4.74 Å². The monoisotopic (exact) mass is 339 g/mol. The van der Waals surface area contributed by atoms with E-state index in [0.717, 1.165) is 28.1 Å². The molecule has 3 nitrogen and oxygen atoms in total. The Morgan fingerprint density at radius 3 is 2.58 bits per heavy atom. The molecule has 0 radical (unpaired) electrons. The van der Waals surface area contributed by atoms with Crippen molar-refractivity contribution in [2.24, 2.45) is 0 Å². The number of halogens is 1. The molecule has 0 unspecified atom stereocenters. The van der Waals surface area contributed by atoms with Crippen LogP contribution in [0.25, 0.3) is 16.8 Å². The number of hydrogen-bond donors (Lipinski definition) is 0. The van der Waals surface area contributed by atoms with Gasteiger partial charge < -0.3 is 4.74 Å². The summed E-state index contributed by atoms with van der Waals surface area (Å²) in [5.74, 6) is 0.804. The Hall–Kier alpha value is -2.52. The minimum absolute atomic E-state index is 0.0759. The van der Waals surface area contributed by atoms with Gasteiger partial charge in [0, 0.05) is 17.3 Å². The molecule has 0 aliphatic carbocycles. The molecular weight excluding hydrogens is 322 g/mol. The first kappa shape index (κ1) is 16.3. The highest BCUT2D eigenvalue weighted by atomic mass is 35.5. The van der Waals surface area contributed by atoms with E-state index in [0.29, 0.717) is 11.6 Å². The normalized spacial score (nSPS) is 10.6. The number of nitrogens with zero attached hydrogens (tertiary/aromatic N) is 1. The van der Waals surface area contributed by atoms with Crippen LogP contribution in [0.1, 0.15) is 12.5 Å². The van der Waals surface area contributed by atoms with Crippen LogP contribution in [0.3, 0.4) is 0 Å². The van der Waals surface area contributed by atoms with E-state index in [4.69, 9.17) is 16.3 Å². The van der Waals surface area contributed by atoms with Crippen LogP contribution in [0.15, 0.2) is 65.6 Å². The minimum atomic E-state index is -0.0759. The van der Waals surface area contributed by atoms with Gasteiger partial charge in [-0.3, -0.25) is 9.36 Å². The van der Waals surface area contributed by atoms with Crippen molar-refractivity contribution >= 4 is 11.6 Å². The van der Waals surface area contributed by atoms with E-state index < -0.39 is 0 Å². The Kier molecular flexibility index (Phi) is 4.72. The first-order chi connectivity index (χ1) is 11.6. The quantitative estimate of drug-likeness (QED) is 0.679. The van der Waals surface area contributed by atoms with Crippen LogP contribution in [0, 0.1) is 6.92 Å². The maximum absolute atomic E-state index is 12.3. The fraction of sp³-hybridized carbons (Fsp3) is 0.150. The Morgan fingerprint density at radius 2 is 1.88 bits per heavy atom. The molecule has 24 heavy (non-hydrogen) atoms. The fourth-order valence-electron chi connectivity index (χ4n) is 2.67. The molecule has 3 rings (SSSR count). The van der Waals surface area contributed by atoms with Crippen molar-refractivity contribution in [3.63, 3.8) is 0 Å². The van der Waals surface area contributed by atoms with E-state index >= 15 is 0 Å². The Bertz CT molecular complexity index is 931. The van der Waals surface area contributed by atoms with Crippen LogP contribution in [-0.2, 0) is 0 Å². The lowest BCUT2D eigenvalue weighted by Gasteiger charge is -2.13. The van der Waals surface area contributed by atoms with Gasteiger partial charge in [-0.15, -0.1) is 0 Å². The molecule has 0 aliphatic heterocycles. The SMILES string of the molecule is CCOc1ccc(-n2cc(-c3cccc(Cl)c3)ccc2=O)c(C)c1. The van der Waals surface area contributed by atoms with Gasteiger partial charge in [-0.05, 0) is 66.9 Å². The highest BCUT2D eigenvalue weighted by Gasteiger charge is 2.07. The Balaban J connectivity index is 2.08. The number of pyridine rings is 1. The van der Waals surface area contributed by atoms with Crippen molar-refractivity contribution in [3.8, 4) is 22.6 Å². The summed E-state index contributed by atoms with van der Waals surface area (Å²) in [7, 11) is 0. The van der Waals surface area contributed by atoms with E-state index in [-0.39, 0.29) is 5.56 Å². The number of ether oxygens (including phenoxy) is 1. The van der Waals surface area contributed by atoms with Crippen LogP contribution in [-0.4, -0.2) is 11.2 Å². The fourth-order valence-corrected chi connectivity index (χ4v) is 2.86. The third-order valence-corrected chi connectivity index (χ3v) is 4.04. The van der Waals surface area contributed by atoms with Gasteiger partial charge in [0.15, 0.2) is 0 Å². The molecule has 2 aromatic carbocycles. The zero-order chi connectivity index (χ0) is 17.1. The molecule has 0 fully saturated rings. The summed E-state index contributed by atoms with van der Waals surface area (Å²) in [6, 6.07) is 16.7. The second-order valence-electron chi connectivity index (χ2n) is 5.52. The van der Waals surface area contributed by atoms with Gasteiger partial charge in [-0.1, -0.05) is 23.7 Å². The van der Waals surface area contributed by atoms with E-state index in [1.54, 1.807) is 10.6 Å². The molecule has 3 aromatic rings. The molecule has 0 saturated heterocycles.